The zero-order valence-corrected chi connectivity index (χ0v) is 14.1. The molecule has 1 aromatic rings. The van der Waals surface area contributed by atoms with Gasteiger partial charge in [0.15, 0.2) is 0 Å². The Kier molecular flexibility index (Phi) is 4.79. The fraction of sp³-hybridized carbons (Fsp3) is 0.733. The van der Waals surface area contributed by atoms with Crippen molar-refractivity contribution in [2.45, 2.75) is 32.6 Å². The summed E-state index contributed by atoms with van der Waals surface area (Å²) in [6.45, 7) is 4.94. The summed E-state index contributed by atoms with van der Waals surface area (Å²) in [6.07, 6.45) is 3.02. The largest absolute Gasteiger partial charge is 0.481 e. The molecule has 8 heteroatoms. The molecule has 1 aromatic heterocycles. The van der Waals surface area contributed by atoms with Gasteiger partial charge in [0.1, 0.15) is 5.82 Å². The summed E-state index contributed by atoms with van der Waals surface area (Å²) >= 11 is 1.41. The van der Waals surface area contributed by atoms with E-state index >= 15 is 0 Å². The number of aromatic nitrogens is 2. The van der Waals surface area contributed by atoms with E-state index in [-0.39, 0.29) is 11.8 Å². The van der Waals surface area contributed by atoms with E-state index in [0.717, 1.165) is 36.9 Å². The summed E-state index contributed by atoms with van der Waals surface area (Å²) in [5.41, 5.74) is 0. The van der Waals surface area contributed by atoms with Crippen molar-refractivity contribution in [3.05, 3.63) is 5.82 Å². The number of amides is 1. The van der Waals surface area contributed by atoms with E-state index in [1.165, 1.54) is 11.5 Å². The first-order valence-electron chi connectivity index (χ1n) is 8.19. The standard InChI is InChI=1S/C15H22N4O3S/c1-2-12-16-15(23-17-12)19-7-3-6-18(8-9-19)13(20)10-4-5-11(10)14(21)22/h10-11H,2-9H2,1H3,(H,21,22)/t10-,11+/m1/s1. The lowest BCUT2D eigenvalue weighted by atomic mass is 9.73. The molecule has 23 heavy (non-hydrogen) atoms. The van der Waals surface area contributed by atoms with Gasteiger partial charge in [-0.3, -0.25) is 9.59 Å². The molecule has 1 aliphatic carbocycles. The van der Waals surface area contributed by atoms with Gasteiger partial charge in [0.2, 0.25) is 11.0 Å². The number of carbonyl (C=O) groups is 2. The van der Waals surface area contributed by atoms with Gasteiger partial charge in [-0.25, -0.2) is 4.98 Å². The molecule has 2 atom stereocenters. The molecule has 0 radical (unpaired) electrons. The topological polar surface area (TPSA) is 86.6 Å². The predicted octanol–water partition coefficient (Wildman–Crippen LogP) is 1.25. The van der Waals surface area contributed by atoms with Gasteiger partial charge < -0.3 is 14.9 Å². The first kappa shape index (κ1) is 16.2. The highest BCUT2D eigenvalue weighted by Crippen LogP contribution is 2.36. The van der Waals surface area contributed by atoms with Crippen molar-refractivity contribution < 1.29 is 14.7 Å². The van der Waals surface area contributed by atoms with Gasteiger partial charge in [0.05, 0.1) is 11.8 Å². The quantitative estimate of drug-likeness (QED) is 0.889. The van der Waals surface area contributed by atoms with Crippen LogP contribution < -0.4 is 4.90 Å². The van der Waals surface area contributed by atoms with Crippen molar-refractivity contribution in [1.82, 2.24) is 14.3 Å². The summed E-state index contributed by atoms with van der Waals surface area (Å²) in [5.74, 6) is -0.783. The number of nitrogens with zero attached hydrogens (tertiary/aromatic N) is 4. The average molecular weight is 338 g/mol. The van der Waals surface area contributed by atoms with Crippen LogP contribution in [0.3, 0.4) is 0 Å². The van der Waals surface area contributed by atoms with Crippen LogP contribution in [0.15, 0.2) is 0 Å². The molecule has 1 saturated carbocycles. The van der Waals surface area contributed by atoms with Gasteiger partial charge >= 0.3 is 5.97 Å². The Bertz CT molecular complexity index is 591. The van der Waals surface area contributed by atoms with Crippen molar-refractivity contribution in [1.29, 1.82) is 0 Å². The number of hydrogen-bond acceptors (Lipinski definition) is 6. The minimum atomic E-state index is -0.841. The number of hydrogen-bond donors (Lipinski definition) is 1. The minimum Gasteiger partial charge on any atom is -0.481 e. The lowest BCUT2D eigenvalue weighted by Crippen LogP contribution is -2.47. The van der Waals surface area contributed by atoms with Crippen LogP contribution in [0.25, 0.3) is 0 Å². The van der Waals surface area contributed by atoms with Crippen LogP contribution in [0.1, 0.15) is 32.0 Å². The number of anilines is 1. The molecule has 2 heterocycles. The summed E-state index contributed by atoms with van der Waals surface area (Å²) in [5, 5.41) is 10.0. The van der Waals surface area contributed by atoms with Crippen LogP contribution in [0.4, 0.5) is 5.13 Å². The van der Waals surface area contributed by atoms with Crippen molar-refractivity contribution in [3.8, 4) is 0 Å². The third-order valence-corrected chi connectivity index (χ3v) is 5.58. The Morgan fingerprint density at radius 2 is 2.00 bits per heavy atom. The van der Waals surface area contributed by atoms with E-state index < -0.39 is 11.9 Å². The van der Waals surface area contributed by atoms with Gasteiger partial charge in [0.25, 0.3) is 0 Å². The van der Waals surface area contributed by atoms with Crippen LogP contribution in [0.2, 0.25) is 0 Å². The fourth-order valence-corrected chi connectivity index (χ4v) is 3.97. The summed E-state index contributed by atoms with van der Waals surface area (Å²) in [4.78, 5) is 32.2. The Balaban J connectivity index is 1.60. The first-order chi connectivity index (χ1) is 11.1. The van der Waals surface area contributed by atoms with Crippen molar-refractivity contribution >= 4 is 28.5 Å². The SMILES string of the molecule is CCc1nsc(N2CCCN(C(=O)[C@@H]3CC[C@@H]3C(=O)O)CC2)n1. The molecule has 0 unspecified atom stereocenters. The van der Waals surface area contributed by atoms with Gasteiger partial charge in [-0.05, 0) is 19.3 Å². The third-order valence-electron chi connectivity index (χ3n) is 4.76. The number of carboxylic acids is 1. The summed E-state index contributed by atoms with van der Waals surface area (Å²) < 4.78 is 4.32. The Hall–Kier alpha value is -1.70. The Morgan fingerprint density at radius 1 is 1.22 bits per heavy atom. The van der Waals surface area contributed by atoms with Gasteiger partial charge in [-0.15, -0.1) is 0 Å². The molecule has 1 N–H and O–H groups in total. The molecule has 2 aliphatic rings. The maximum absolute atomic E-state index is 12.6. The second-order valence-electron chi connectivity index (χ2n) is 6.14. The monoisotopic (exact) mass is 338 g/mol. The minimum absolute atomic E-state index is 0.0111. The summed E-state index contributed by atoms with van der Waals surface area (Å²) in [6, 6.07) is 0. The van der Waals surface area contributed by atoms with Crippen LogP contribution in [0.5, 0.6) is 0 Å². The van der Waals surface area contributed by atoms with Crippen molar-refractivity contribution in [3.63, 3.8) is 0 Å². The molecule has 0 aromatic carbocycles. The van der Waals surface area contributed by atoms with E-state index in [1.807, 2.05) is 11.8 Å². The Labute approximate surface area is 139 Å². The number of aryl methyl sites for hydroxylation is 1. The van der Waals surface area contributed by atoms with Crippen molar-refractivity contribution in [2.75, 3.05) is 31.1 Å². The molecular formula is C15H22N4O3S. The fourth-order valence-electron chi connectivity index (χ4n) is 3.17. The number of carboxylic acid groups (broad SMARTS) is 1. The number of carbonyl (C=O) groups excluding carboxylic acids is 1. The van der Waals surface area contributed by atoms with Crippen LogP contribution >= 0.6 is 11.5 Å². The smallest absolute Gasteiger partial charge is 0.307 e. The second-order valence-corrected chi connectivity index (χ2v) is 6.87. The molecule has 1 aliphatic heterocycles. The Morgan fingerprint density at radius 3 is 2.61 bits per heavy atom. The molecule has 2 fully saturated rings. The molecule has 1 amide bonds. The molecular weight excluding hydrogens is 316 g/mol. The molecule has 126 valence electrons. The molecule has 0 spiro atoms. The number of aliphatic carboxylic acids is 1. The van der Waals surface area contributed by atoms with Crippen LogP contribution in [-0.4, -0.2) is 57.4 Å². The van der Waals surface area contributed by atoms with E-state index in [9.17, 15) is 9.59 Å². The lowest BCUT2D eigenvalue weighted by Gasteiger charge is -2.36. The highest BCUT2D eigenvalue weighted by atomic mass is 32.1. The third kappa shape index (κ3) is 3.31. The molecule has 1 saturated heterocycles. The highest BCUT2D eigenvalue weighted by Gasteiger charge is 2.43. The van der Waals surface area contributed by atoms with Crippen molar-refractivity contribution in [2.24, 2.45) is 11.8 Å². The molecule has 3 rings (SSSR count). The van der Waals surface area contributed by atoms with Gasteiger partial charge in [-0.2, -0.15) is 4.37 Å². The second kappa shape index (κ2) is 6.82. The van der Waals surface area contributed by atoms with Crippen LogP contribution in [-0.2, 0) is 16.0 Å². The van der Waals surface area contributed by atoms with Gasteiger partial charge in [-0.1, -0.05) is 6.92 Å². The van der Waals surface area contributed by atoms with Crippen LogP contribution in [0, 0.1) is 11.8 Å². The summed E-state index contributed by atoms with van der Waals surface area (Å²) in [7, 11) is 0. The highest BCUT2D eigenvalue weighted by molar-refractivity contribution is 7.09. The first-order valence-corrected chi connectivity index (χ1v) is 8.96. The molecule has 0 bridgehead atoms. The van der Waals surface area contributed by atoms with E-state index in [2.05, 4.69) is 14.3 Å². The zero-order valence-electron chi connectivity index (χ0n) is 13.3. The van der Waals surface area contributed by atoms with E-state index in [0.29, 0.717) is 25.9 Å². The average Bonchev–Trinajstić information content (AvgIpc) is 2.82. The number of rotatable bonds is 4. The lowest BCUT2D eigenvalue weighted by molar-refractivity contribution is -0.156. The normalized spacial score (nSPS) is 24.9. The van der Waals surface area contributed by atoms with E-state index in [1.54, 1.807) is 0 Å². The maximum Gasteiger partial charge on any atom is 0.307 e. The van der Waals surface area contributed by atoms with Gasteiger partial charge in [0, 0.05) is 44.1 Å². The molecule has 7 nitrogen and oxygen atoms in total. The van der Waals surface area contributed by atoms with E-state index in [4.69, 9.17) is 5.11 Å². The zero-order chi connectivity index (χ0) is 16.4. The maximum atomic E-state index is 12.6. The predicted molar refractivity (Wildman–Crippen MR) is 86.5 cm³/mol.